The minimum absolute atomic E-state index is 0.0254. The fourth-order valence-corrected chi connectivity index (χ4v) is 4.39. The van der Waals surface area contributed by atoms with Crippen LogP contribution in [0.25, 0.3) is 0 Å². The van der Waals surface area contributed by atoms with Gasteiger partial charge in [0.1, 0.15) is 11.8 Å². The van der Waals surface area contributed by atoms with Gasteiger partial charge in [-0.2, -0.15) is 0 Å². The smallest absolute Gasteiger partial charge is 0.327 e. The molecule has 3 rings (SSSR count). The number of thioether (sulfide) groups is 1. The summed E-state index contributed by atoms with van der Waals surface area (Å²) < 4.78 is 0.503. The highest BCUT2D eigenvalue weighted by molar-refractivity contribution is 9.10. The van der Waals surface area contributed by atoms with Crippen molar-refractivity contribution in [1.29, 1.82) is 0 Å². The maximum absolute atomic E-state index is 12.7. The Morgan fingerprint density at radius 2 is 2.05 bits per heavy atom. The second-order valence-electron chi connectivity index (χ2n) is 5.29. The van der Waals surface area contributed by atoms with Crippen LogP contribution in [0.5, 0.6) is 5.75 Å². The van der Waals surface area contributed by atoms with Crippen LogP contribution < -0.4 is 0 Å². The van der Waals surface area contributed by atoms with Gasteiger partial charge in [-0.1, -0.05) is 0 Å². The topological polar surface area (TPSA) is 77.8 Å². The molecule has 2 N–H and O–H groups in total. The van der Waals surface area contributed by atoms with Crippen molar-refractivity contribution in [2.45, 2.75) is 24.3 Å². The number of nitrogens with zero attached hydrogens (tertiary/aromatic N) is 1. The van der Waals surface area contributed by atoms with Gasteiger partial charge in [-0.25, -0.2) is 4.79 Å². The molecule has 1 aliphatic carbocycles. The first-order valence-corrected chi connectivity index (χ1v) is 8.49. The quantitative estimate of drug-likeness (QED) is 0.853. The van der Waals surface area contributed by atoms with Gasteiger partial charge in [0.25, 0.3) is 5.91 Å². The predicted molar refractivity (Wildman–Crippen MR) is 82.4 cm³/mol. The summed E-state index contributed by atoms with van der Waals surface area (Å²) in [6.45, 7) is 0. The highest BCUT2D eigenvalue weighted by Gasteiger charge is 2.48. The summed E-state index contributed by atoms with van der Waals surface area (Å²) >= 11 is 4.71. The van der Waals surface area contributed by atoms with E-state index in [-0.39, 0.29) is 17.0 Å². The molecule has 1 aromatic carbocycles. The second kappa shape index (κ2) is 5.53. The summed E-state index contributed by atoms with van der Waals surface area (Å²) in [5.74, 6) is -0.507. The van der Waals surface area contributed by atoms with E-state index in [0.29, 0.717) is 21.7 Å². The molecule has 2 atom stereocenters. The molecule has 2 unspecified atom stereocenters. The van der Waals surface area contributed by atoms with E-state index in [1.165, 1.54) is 11.0 Å². The Bertz CT molecular complexity index is 605. The Morgan fingerprint density at radius 3 is 2.62 bits per heavy atom. The van der Waals surface area contributed by atoms with Crippen LogP contribution in [0.1, 0.15) is 23.2 Å². The largest absolute Gasteiger partial charge is 0.507 e. The van der Waals surface area contributed by atoms with E-state index in [2.05, 4.69) is 15.9 Å². The van der Waals surface area contributed by atoms with Crippen LogP contribution in [0.3, 0.4) is 0 Å². The number of hydrogen-bond donors (Lipinski definition) is 2. The van der Waals surface area contributed by atoms with E-state index >= 15 is 0 Å². The van der Waals surface area contributed by atoms with Crippen molar-refractivity contribution in [3.05, 3.63) is 28.2 Å². The van der Waals surface area contributed by atoms with Gasteiger partial charge in [0.15, 0.2) is 0 Å². The fourth-order valence-electron chi connectivity index (χ4n) is 2.51. The standard InChI is InChI=1S/C14H14BrNO4S/c15-9-4-3-8(5-11(9)17)12(18)16-10(14(19)20)6-21-13(16)7-1-2-7/h3-5,7,10,13,17H,1-2,6H2,(H,19,20). The molecule has 112 valence electrons. The molecule has 5 nitrogen and oxygen atoms in total. The molecule has 1 saturated carbocycles. The summed E-state index contributed by atoms with van der Waals surface area (Å²) in [6.07, 6.45) is 2.08. The summed E-state index contributed by atoms with van der Waals surface area (Å²) in [6, 6.07) is 3.77. The van der Waals surface area contributed by atoms with Gasteiger partial charge < -0.3 is 15.1 Å². The molecular formula is C14H14BrNO4S. The molecule has 1 amide bonds. The van der Waals surface area contributed by atoms with Gasteiger partial charge in [0.2, 0.25) is 0 Å². The average molecular weight is 372 g/mol. The molecule has 1 aromatic rings. The van der Waals surface area contributed by atoms with Crippen molar-refractivity contribution in [1.82, 2.24) is 4.90 Å². The third kappa shape index (κ3) is 2.76. The average Bonchev–Trinajstić information content (AvgIpc) is 3.19. The monoisotopic (exact) mass is 371 g/mol. The Morgan fingerprint density at radius 1 is 1.33 bits per heavy atom. The summed E-state index contributed by atoms with van der Waals surface area (Å²) in [5, 5.41) is 19.0. The summed E-state index contributed by atoms with van der Waals surface area (Å²) in [4.78, 5) is 25.6. The second-order valence-corrected chi connectivity index (χ2v) is 7.30. The number of phenols is 1. The maximum atomic E-state index is 12.7. The van der Waals surface area contributed by atoms with Crippen molar-refractivity contribution < 1.29 is 19.8 Å². The number of aliphatic carboxylic acids is 1. The zero-order valence-electron chi connectivity index (χ0n) is 11.0. The third-order valence-electron chi connectivity index (χ3n) is 3.77. The first-order valence-electron chi connectivity index (χ1n) is 6.64. The van der Waals surface area contributed by atoms with Gasteiger partial charge in [-0.15, -0.1) is 11.8 Å². The van der Waals surface area contributed by atoms with Crippen molar-refractivity contribution >= 4 is 39.6 Å². The Labute approximate surface area is 134 Å². The molecule has 1 aliphatic heterocycles. The lowest BCUT2D eigenvalue weighted by atomic mass is 10.1. The number of halogens is 1. The highest BCUT2D eigenvalue weighted by Crippen LogP contribution is 2.46. The van der Waals surface area contributed by atoms with E-state index in [0.717, 1.165) is 12.8 Å². The molecule has 1 saturated heterocycles. The van der Waals surface area contributed by atoms with Crippen molar-refractivity contribution in [3.8, 4) is 5.75 Å². The predicted octanol–water partition coefficient (Wildman–Crippen LogP) is 2.53. The Balaban J connectivity index is 1.91. The number of aromatic hydroxyl groups is 1. The maximum Gasteiger partial charge on any atom is 0.327 e. The third-order valence-corrected chi connectivity index (χ3v) is 5.91. The molecule has 0 radical (unpaired) electrons. The minimum atomic E-state index is -0.972. The van der Waals surface area contributed by atoms with Crippen LogP contribution in [0.4, 0.5) is 0 Å². The van der Waals surface area contributed by atoms with Crippen LogP contribution in [0.2, 0.25) is 0 Å². The van der Waals surface area contributed by atoms with Gasteiger partial charge in [0.05, 0.1) is 9.85 Å². The number of hydrogen-bond acceptors (Lipinski definition) is 4. The van der Waals surface area contributed by atoms with E-state index in [1.807, 2.05) is 0 Å². The number of benzene rings is 1. The molecule has 0 bridgehead atoms. The van der Waals surface area contributed by atoms with Crippen molar-refractivity contribution in [3.63, 3.8) is 0 Å². The van der Waals surface area contributed by atoms with Crippen molar-refractivity contribution in [2.75, 3.05) is 5.75 Å². The minimum Gasteiger partial charge on any atom is -0.507 e. The van der Waals surface area contributed by atoms with Crippen LogP contribution in [0, 0.1) is 5.92 Å². The summed E-state index contributed by atoms with van der Waals surface area (Å²) in [5.41, 5.74) is 0.315. The Kier molecular flexibility index (Phi) is 3.88. The van der Waals surface area contributed by atoms with Crippen LogP contribution in [-0.4, -0.2) is 44.2 Å². The van der Waals surface area contributed by atoms with E-state index in [1.54, 1.807) is 23.9 Å². The molecule has 7 heteroatoms. The van der Waals surface area contributed by atoms with Crippen LogP contribution in [-0.2, 0) is 4.79 Å². The van der Waals surface area contributed by atoms with Crippen LogP contribution >= 0.6 is 27.7 Å². The molecule has 21 heavy (non-hydrogen) atoms. The first-order chi connectivity index (χ1) is 9.99. The zero-order chi connectivity index (χ0) is 15.1. The lowest BCUT2D eigenvalue weighted by Gasteiger charge is -2.27. The SMILES string of the molecule is O=C(O)C1CSC(C2CC2)N1C(=O)c1ccc(Br)c(O)c1. The van der Waals surface area contributed by atoms with E-state index < -0.39 is 12.0 Å². The number of carboxylic acids is 1. The molecule has 1 heterocycles. The van der Waals surface area contributed by atoms with Crippen LogP contribution in [0.15, 0.2) is 22.7 Å². The lowest BCUT2D eigenvalue weighted by Crippen LogP contribution is -2.46. The zero-order valence-corrected chi connectivity index (χ0v) is 13.4. The number of amides is 1. The lowest BCUT2D eigenvalue weighted by molar-refractivity contribution is -0.141. The first kappa shape index (κ1) is 14.7. The van der Waals surface area contributed by atoms with Gasteiger partial charge in [-0.05, 0) is 52.9 Å². The number of carbonyl (C=O) groups excluding carboxylic acids is 1. The fraction of sp³-hybridized carbons (Fsp3) is 0.429. The van der Waals surface area contributed by atoms with Gasteiger partial charge >= 0.3 is 5.97 Å². The normalized spacial score (nSPS) is 25.1. The molecule has 0 spiro atoms. The molecule has 2 aliphatic rings. The number of carboxylic acid groups (broad SMARTS) is 1. The van der Waals surface area contributed by atoms with Gasteiger partial charge in [0, 0.05) is 11.3 Å². The number of rotatable bonds is 3. The molecule has 2 fully saturated rings. The van der Waals surface area contributed by atoms with Crippen molar-refractivity contribution in [2.24, 2.45) is 5.92 Å². The number of phenolic OH excluding ortho intramolecular Hbond substituents is 1. The highest BCUT2D eigenvalue weighted by atomic mass is 79.9. The number of carbonyl (C=O) groups is 2. The van der Waals surface area contributed by atoms with E-state index in [9.17, 15) is 19.8 Å². The molecule has 0 aromatic heterocycles. The van der Waals surface area contributed by atoms with E-state index in [4.69, 9.17) is 0 Å². The molecular weight excluding hydrogens is 358 g/mol. The summed E-state index contributed by atoms with van der Waals surface area (Å²) in [7, 11) is 0. The Hall–Kier alpha value is -1.21. The van der Waals surface area contributed by atoms with Gasteiger partial charge in [-0.3, -0.25) is 4.79 Å².